The first kappa shape index (κ1) is 16.0. The Morgan fingerprint density at radius 3 is 3.14 bits per heavy atom. The fraction of sp³-hybridized carbons (Fsp3) is 0.600. The van der Waals surface area contributed by atoms with Crippen molar-refractivity contribution in [2.75, 3.05) is 25.0 Å². The van der Waals surface area contributed by atoms with E-state index in [0.29, 0.717) is 23.5 Å². The first-order valence-corrected chi connectivity index (χ1v) is 8.25. The maximum atomic E-state index is 12.0. The number of likely N-dealkylation sites (tertiary alicyclic amines) is 1. The van der Waals surface area contributed by atoms with Crippen LogP contribution in [-0.4, -0.2) is 41.7 Å². The molecule has 0 aliphatic carbocycles. The van der Waals surface area contributed by atoms with E-state index in [2.05, 4.69) is 16.3 Å². The van der Waals surface area contributed by atoms with Crippen molar-refractivity contribution in [2.45, 2.75) is 38.1 Å². The molecule has 1 aliphatic heterocycles. The van der Waals surface area contributed by atoms with Gasteiger partial charge in [-0.3, -0.25) is 9.69 Å². The lowest BCUT2D eigenvalue weighted by molar-refractivity contribution is -0.116. The molecule has 1 aromatic rings. The van der Waals surface area contributed by atoms with E-state index in [1.54, 1.807) is 11.4 Å². The predicted octanol–water partition coefficient (Wildman–Crippen LogP) is 2.19. The van der Waals surface area contributed by atoms with Crippen molar-refractivity contribution < 1.29 is 9.90 Å². The summed E-state index contributed by atoms with van der Waals surface area (Å²) in [5, 5.41) is 23.6. The minimum atomic E-state index is -0.0742. The largest absolute Gasteiger partial charge is 0.395 e. The number of hydrogen-bond acceptors (Lipinski definition) is 5. The van der Waals surface area contributed by atoms with Gasteiger partial charge in [-0.25, -0.2) is 0 Å². The summed E-state index contributed by atoms with van der Waals surface area (Å²) in [6.45, 7) is 1.76. The van der Waals surface area contributed by atoms with Crippen molar-refractivity contribution in [3.8, 4) is 6.07 Å². The number of nitriles is 1. The van der Waals surface area contributed by atoms with Gasteiger partial charge >= 0.3 is 0 Å². The molecule has 1 saturated heterocycles. The summed E-state index contributed by atoms with van der Waals surface area (Å²) < 4.78 is 0. The first-order chi connectivity index (χ1) is 10.2. The van der Waals surface area contributed by atoms with Crippen LogP contribution in [0.15, 0.2) is 11.4 Å². The zero-order valence-corrected chi connectivity index (χ0v) is 12.9. The topological polar surface area (TPSA) is 76.4 Å². The molecule has 1 atom stereocenters. The second-order valence-corrected chi connectivity index (χ2v) is 6.21. The molecule has 1 fully saturated rings. The van der Waals surface area contributed by atoms with Gasteiger partial charge in [0.1, 0.15) is 11.1 Å². The number of nitrogens with one attached hydrogen (secondary N) is 1. The van der Waals surface area contributed by atoms with Crippen LogP contribution in [0.4, 0.5) is 5.00 Å². The molecule has 2 rings (SSSR count). The normalized spacial score (nSPS) is 19.7. The molecule has 0 radical (unpaired) electrons. The minimum Gasteiger partial charge on any atom is -0.395 e. The lowest BCUT2D eigenvalue weighted by atomic mass is 10.1. The molecular weight excluding hydrogens is 286 g/mol. The summed E-state index contributed by atoms with van der Waals surface area (Å²) in [6.07, 6.45) is 4.86. The molecule has 0 saturated carbocycles. The number of carbonyl (C=O) groups excluding carboxylic acids is 1. The molecule has 1 unspecified atom stereocenters. The van der Waals surface area contributed by atoms with Gasteiger partial charge in [0, 0.05) is 19.0 Å². The van der Waals surface area contributed by atoms with E-state index in [0.717, 1.165) is 25.8 Å². The Kier molecular flexibility index (Phi) is 6.18. The molecule has 21 heavy (non-hydrogen) atoms. The summed E-state index contributed by atoms with van der Waals surface area (Å²) in [5.74, 6) is -0.0742. The SMILES string of the molecule is N#Cc1ccsc1NC(=O)CCN1CCCCCC1CO. The third-order valence-electron chi connectivity index (χ3n) is 3.87. The first-order valence-electron chi connectivity index (χ1n) is 7.37. The van der Waals surface area contributed by atoms with Gasteiger partial charge in [0.2, 0.25) is 5.91 Å². The molecule has 1 amide bonds. The summed E-state index contributed by atoms with van der Waals surface area (Å²) in [5.41, 5.74) is 0.511. The van der Waals surface area contributed by atoms with E-state index in [1.165, 1.54) is 17.8 Å². The van der Waals surface area contributed by atoms with Gasteiger partial charge in [0.05, 0.1) is 12.2 Å². The third kappa shape index (κ3) is 4.53. The van der Waals surface area contributed by atoms with E-state index >= 15 is 0 Å². The zero-order valence-electron chi connectivity index (χ0n) is 12.0. The molecule has 1 aromatic heterocycles. The second kappa shape index (κ2) is 8.13. The Morgan fingerprint density at radius 2 is 2.38 bits per heavy atom. The number of amides is 1. The van der Waals surface area contributed by atoms with Gasteiger partial charge in [-0.15, -0.1) is 11.3 Å². The van der Waals surface area contributed by atoms with Gasteiger partial charge in [-0.1, -0.05) is 12.8 Å². The Bertz CT molecular complexity index is 509. The number of anilines is 1. The van der Waals surface area contributed by atoms with E-state index in [4.69, 9.17) is 5.26 Å². The van der Waals surface area contributed by atoms with Crippen LogP contribution in [0.2, 0.25) is 0 Å². The monoisotopic (exact) mass is 307 g/mol. The van der Waals surface area contributed by atoms with E-state index < -0.39 is 0 Å². The van der Waals surface area contributed by atoms with Crippen molar-refractivity contribution in [1.82, 2.24) is 4.90 Å². The lowest BCUT2D eigenvalue weighted by Gasteiger charge is -2.28. The Hall–Kier alpha value is -1.42. The maximum absolute atomic E-state index is 12.0. The van der Waals surface area contributed by atoms with Crippen LogP contribution < -0.4 is 5.32 Å². The van der Waals surface area contributed by atoms with Gasteiger partial charge < -0.3 is 10.4 Å². The van der Waals surface area contributed by atoms with Crippen LogP contribution in [0.1, 0.15) is 37.7 Å². The van der Waals surface area contributed by atoms with Crippen LogP contribution in [-0.2, 0) is 4.79 Å². The second-order valence-electron chi connectivity index (χ2n) is 5.30. The summed E-state index contributed by atoms with van der Waals surface area (Å²) in [4.78, 5) is 14.2. The van der Waals surface area contributed by atoms with Gasteiger partial charge in [-0.2, -0.15) is 5.26 Å². The van der Waals surface area contributed by atoms with Crippen molar-refractivity contribution in [3.63, 3.8) is 0 Å². The summed E-state index contributed by atoms with van der Waals surface area (Å²) in [7, 11) is 0. The van der Waals surface area contributed by atoms with Crippen molar-refractivity contribution in [2.24, 2.45) is 0 Å². The number of aliphatic hydroxyl groups is 1. The third-order valence-corrected chi connectivity index (χ3v) is 4.70. The van der Waals surface area contributed by atoms with Gasteiger partial charge in [0.25, 0.3) is 0 Å². The van der Waals surface area contributed by atoms with E-state index in [-0.39, 0.29) is 18.6 Å². The Morgan fingerprint density at radius 1 is 1.52 bits per heavy atom. The van der Waals surface area contributed by atoms with Crippen LogP contribution in [0.5, 0.6) is 0 Å². The Labute approximate surface area is 129 Å². The number of nitrogens with zero attached hydrogens (tertiary/aromatic N) is 2. The van der Waals surface area contributed by atoms with E-state index in [1.807, 2.05) is 0 Å². The number of thiophene rings is 1. The minimum absolute atomic E-state index is 0.0742. The molecule has 0 aromatic carbocycles. The molecule has 2 heterocycles. The van der Waals surface area contributed by atoms with Crippen LogP contribution >= 0.6 is 11.3 Å². The van der Waals surface area contributed by atoms with Crippen LogP contribution in [0.3, 0.4) is 0 Å². The number of hydrogen-bond donors (Lipinski definition) is 2. The smallest absolute Gasteiger partial charge is 0.226 e. The maximum Gasteiger partial charge on any atom is 0.226 e. The van der Waals surface area contributed by atoms with Crippen molar-refractivity contribution >= 4 is 22.2 Å². The molecule has 0 bridgehead atoms. The van der Waals surface area contributed by atoms with Gasteiger partial charge in [0.15, 0.2) is 0 Å². The fourth-order valence-corrected chi connectivity index (χ4v) is 3.42. The summed E-state index contributed by atoms with van der Waals surface area (Å²) in [6, 6.07) is 3.95. The van der Waals surface area contributed by atoms with Gasteiger partial charge in [-0.05, 0) is 30.8 Å². The average molecular weight is 307 g/mol. The highest BCUT2D eigenvalue weighted by molar-refractivity contribution is 7.14. The highest BCUT2D eigenvalue weighted by atomic mass is 32.1. The number of aliphatic hydroxyl groups excluding tert-OH is 1. The zero-order chi connectivity index (χ0) is 15.1. The molecule has 114 valence electrons. The lowest BCUT2D eigenvalue weighted by Crippen LogP contribution is -2.39. The van der Waals surface area contributed by atoms with Crippen LogP contribution in [0.25, 0.3) is 0 Å². The molecule has 2 N–H and O–H groups in total. The molecule has 0 spiro atoms. The average Bonchev–Trinajstić information content (AvgIpc) is 2.81. The number of carbonyl (C=O) groups is 1. The van der Waals surface area contributed by atoms with Crippen LogP contribution in [0, 0.1) is 11.3 Å². The number of rotatable bonds is 5. The van der Waals surface area contributed by atoms with Crippen molar-refractivity contribution in [3.05, 3.63) is 17.0 Å². The standard InChI is InChI=1S/C15H21N3O2S/c16-10-12-6-9-21-15(12)17-14(20)5-8-18-7-3-1-2-4-13(18)11-19/h6,9,13,19H,1-5,7-8,11H2,(H,17,20). The fourth-order valence-electron chi connectivity index (χ4n) is 2.67. The molecule has 5 nitrogen and oxygen atoms in total. The predicted molar refractivity (Wildman–Crippen MR) is 83.2 cm³/mol. The summed E-state index contributed by atoms with van der Waals surface area (Å²) >= 11 is 1.36. The molecule has 6 heteroatoms. The highest BCUT2D eigenvalue weighted by Crippen LogP contribution is 2.22. The van der Waals surface area contributed by atoms with E-state index in [9.17, 15) is 9.90 Å². The quantitative estimate of drug-likeness (QED) is 0.874. The molecular formula is C15H21N3O2S. The highest BCUT2D eigenvalue weighted by Gasteiger charge is 2.20. The van der Waals surface area contributed by atoms with Crippen molar-refractivity contribution in [1.29, 1.82) is 5.26 Å². The Balaban J connectivity index is 1.84. The molecule has 1 aliphatic rings.